The van der Waals surface area contributed by atoms with E-state index in [1.807, 2.05) is 0 Å². The van der Waals surface area contributed by atoms with Crippen molar-refractivity contribution in [2.45, 2.75) is 32.4 Å². The van der Waals surface area contributed by atoms with Crippen LogP contribution in [0.3, 0.4) is 0 Å². The Labute approximate surface area is 155 Å². The van der Waals surface area contributed by atoms with Crippen molar-refractivity contribution in [1.29, 1.82) is 0 Å². The first-order valence-electron chi connectivity index (χ1n) is 8.62. The molecule has 0 radical (unpaired) electrons. The van der Waals surface area contributed by atoms with Gasteiger partial charge in [0, 0.05) is 32.3 Å². The monoisotopic (exact) mass is 374 g/mol. The predicted molar refractivity (Wildman–Crippen MR) is 93.7 cm³/mol. The Balaban J connectivity index is 1.74. The molecule has 2 aromatic heterocycles. The normalized spacial score (nSPS) is 20.0. The van der Waals surface area contributed by atoms with Crippen LogP contribution in [0, 0.1) is 12.8 Å². The largest absolute Gasteiger partial charge is 0.478 e. The zero-order valence-corrected chi connectivity index (χ0v) is 15.4. The van der Waals surface area contributed by atoms with Gasteiger partial charge in [-0.2, -0.15) is 5.10 Å². The highest BCUT2D eigenvalue weighted by atomic mass is 16.4. The minimum Gasteiger partial charge on any atom is -0.478 e. The Hall–Kier alpha value is -3.10. The van der Waals surface area contributed by atoms with Gasteiger partial charge in [0.1, 0.15) is 17.1 Å². The van der Waals surface area contributed by atoms with Crippen LogP contribution in [0.15, 0.2) is 22.9 Å². The molecule has 0 aromatic carbocycles. The van der Waals surface area contributed by atoms with Gasteiger partial charge in [-0.25, -0.2) is 4.79 Å². The van der Waals surface area contributed by atoms with Crippen LogP contribution in [0.5, 0.6) is 0 Å². The van der Waals surface area contributed by atoms with Gasteiger partial charge in [0.05, 0.1) is 24.7 Å². The maximum absolute atomic E-state index is 12.8. The number of nitrogens with zero attached hydrogens (tertiary/aromatic N) is 3. The van der Waals surface area contributed by atoms with E-state index in [0.717, 1.165) is 5.56 Å². The molecule has 3 heterocycles. The summed E-state index contributed by atoms with van der Waals surface area (Å²) in [6.45, 7) is 1.65. The number of likely N-dealkylation sites (tertiary alicyclic amines) is 1. The molecule has 1 fully saturated rings. The average Bonchev–Trinajstić information content (AvgIpc) is 3.20. The molecule has 2 aromatic rings. The van der Waals surface area contributed by atoms with Gasteiger partial charge >= 0.3 is 5.97 Å². The molecular weight excluding hydrogens is 352 g/mol. The molecule has 144 valence electrons. The van der Waals surface area contributed by atoms with Crippen molar-refractivity contribution in [2.24, 2.45) is 13.0 Å². The Kier molecular flexibility index (Phi) is 5.02. The van der Waals surface area contributed by atoms with E-state index < -0.39 is 17.9 Å². The summed E-state index contributed by atoms with van der Waals surface area (Å²) >= 11 is 0. The molecule has 1 aliphatic rings. The van der Waals surface area contributed by atoms with E-state index in [2.05, 4.69) is 10.4 Å². The summed E-state index contributed by atoms with van der Waals surface area (Å²) in [7, 11) is 3.47. The molecule has 3 rings (SSSR count). The number of carbonyl (C=O) groups excluding carboxylic acids is 2. The number of furan rings is 1. The summed E-state index contributed by atoms with van der Waals surface area (Å²) in [4.78, 5) is 37.6. The van der Waals surface area contributed by atoms with Crippen LogP contribution in [-0.4, -0.2) is 44.6 Å². The van der Waals surface area contributed by atoms with Crippen molar-refractivity contribution in [3.05, 3.63) is 41.1 Å². The number of aromatic nitrogens is 2. The molecule has 9 nitrogen and oxygen atoms in total. The molecule has 2 N–H and O–H groups in total. The standard InChI is InChI=1S/C18H22N4O5/c1-10-14(18(25)26)6-12(27-10)8-19-17(24)13-4-5-15(23)22(3)16(13)11-7-20-21(2)9-11/h6-7,9,13,16H,4-5,8H2,1-3H3,(H,19,24)(H,25,26). The van der Waals surface area contributed by atoms with Crippen LogP contribution in [0.1, 0.15) is 46.3 Å². The van der Waals surface area contributed by atoms with E-state index >= 15 is 0 Å². The van der Waals surface area contributed by atoms with E-state index in [-0.39, 0.29) is 23.9 Å². The quantitative estimate of drug-likeness (QED) is 0.813. The van der Waals surface area contributed by atoms with Crippen LogP contribution in [0.2, 0.25) is 0 Å². The van der Waals surface area contributed by atoms with Crippen LogP contribution in [0.25, 0.3) is 0 Å². The van der Waals surface area contributed by atoms with Gasteiger partial charge in [0.2, 0.25) is 11.8 Å². The lowest BCUT2D eigenvalue weighted by molar-refractivity contribution is -0.141. The van der Waals surface area contributed by atoms with Crippen molar-refractivity contribution in [3.63, 3.8) is 0 Å². The third-order valence-electron chi connectivity index (χ3n) is 4.90. The van der Waals surface area contributed by atoms with Crippen molar-refractivity contribution < 1.29 is 23.9 Å². The number of carboxylic acid groups (broad SMARTS) is 1. The summed E-state index contributed by atoms with van der Waals surface area (Å²) in [6, 6.07) is 1.01. The SMILES string of the molecule is Cc1oc(CNC(=O)C2CCC(=O)N(C)C2c2cnn(C)c2)cc1C(=O)O. The maximum atomic E-state index is 12.8. The van der Waals surface area contributed by atoms with E-state index in [1.54, 1.807) is 43.0 Å². The number of amides is 2. The number of hydrogen-bond acceptors (Lipinski definition) is 5. The minimum absolute atomic E-state index is 0.0133. The smallest absolute Gasteiger partial charge is 0.339 e. The minimum atomic E-state index is -1.07. The van der Waals surface area contributed by atoms with E-state index in [4.69, 9.17) is 9.52 Å². The molecule has 0 spiro atoms. The fourth-order valence-electron chi connectivity index (χ4n) is 3.51. The van der Waals surface area contributed by atoms with Crippen LogP contribution in [0.4, 0.5) is 0 Å². The van der Waals surface area contributed by atoms with Gasteiger partial charge in [-0.1, -0.05) is 0 Å². The number of nitrogens with one attached hydrogen (secondary N) is 1. The molecule has 0 aliphatic carbocycles. The summed E-state index contributed by atoms with van der Waals surface area (Å²) in [5, 5.41) is 16.0. The van der Waals surface area contributed by atoms with Crippen molar-refractivity contribution >= 4 is 17.8 Å². The highest BCUT2D eigenvalue weighted by Crippen LogP contribution is 2.35. The number of aromatic carboxylic acids is 1. The Morgan fingerprint density at radius 3 is 2.74 bits per heavy atom. The van der Waals surface area contributed by atoms with Gasteiger partial charge in [0.15, 0.2) is 0 Å². The third kappa shape index (κ3) is 3.71. The summed E-state index contributed by atoms with van der Waals surface area (Å²) < 4.78 is 7.03. The molecule has 0 bridgehead atoms. The number of rotatable bonds is 5. The molecule has 0 saturated carbocycles. The van der Waals surface area contributed by atoms with Crippen LogP contribution >= 0.6 is 0 Å². The molecule has 27 heavy (non-hydrogen) atoms. The van der Waals surface area contributed by atoms with Crippen molar-refractivity contribution in [3.8, 4) is 0 Å². The fourth-order valence-corrected chi connectivity index (χ4v) is 3.51. The topological polar surface area (TPSA) is 118 Å². The van der Waals surface area contributed by atoms with Gasteiger partial charge in [-0.05, 0) is 19.4 Å². The summed E-state index contributed by atoms with van der Waals surface area (Å²) in [5.41, 5.74) is 0.880. The molecule has 1 aliphatic heterocycles. The van der Waals surface area contributed by atoms with Crippen molar-refractivity contribution in [1.82, 2.24) is 20.0 Å². The van der Waals surface area contributed by atoms with E-state index in [1.165, 1.54) is 6.07 Å². The lowest BCUT2D eigenvalue weighted by atomic mass is 9.85. The lowest BCUT2D eigenvalue weighted by Crippen LogP contribution is -2.46. The fraction of sp³-hybridized carbons (Fsp3) is 0.444. The molecular formula is C18H22N4O5. The van der Waals surface area contributed by atoms with Crippen LogP contribution in [-0.2, 0) is 23.2 Å². The van der Waals surface area contributed by atoms with E-state index in [0.29, 0.717) is 24.4 Å². The second kappa shape index (κ2) is 7.26. The maximum Gasteiger partial charge on any atom is 0.339 e. The van der Waals surface area contributed by atoms with Crippen molar-refractivity contribution in [2.75, 3.05) is 7.05 Å². The van der Waals surface area contributed by atoms with E-state index in [9.17, 15) is 14.4 Å². The first-order chi connectivity index (χ1) is 12.8. The number of piperidine rings is 1. The average molecular weight is 374 g/mol. The van der Waals surface area contributed by atoms with Gasteiger partial charge in [-0.15, -0.1) is 0 Å². The predicted octanol–water partition coefficient (Wildman–Crippen LogP) is 1.25. The number of hydrogen-bond donors (Lipinski definition) is 2. The van der Waals surface area contributed by atoms with Crippen LogP contribution < -0.4 is 5.32 Å². The highest BCUT2D eigenvalue weighted by Gasteiger charge is 2.39. The third-order valence-corrected chi connectivity index (χ3v) is 4.90. The first-order valence-corrected chi connectivity index (χ1v) is 8.62. The van der Waals surface area contributed by atoms with Gasteiger partial charge in [-0.3, -0.25) is 14.3 Å². The Bertz CT molecular complexity index is 884. The highest BCUT2D eigenvalue weighted by molar-refractivity contribution is 5.89. The van der Waals surface area contributed by atoms with Gasteiger partial charge in [0.25, 0.3) is 0 Å². The first kappa shape index (κ1) is 18.7. The number of carbonyl (C=O) groups is 3. The number of aryl methyl sites for hydroxylation is 2. The molecule has 9 heteroatoms. The Morgan fingerprint density at radius 2 is 2.15 bits per heavy atom. The van der Waals surface area contributed by atoms with Gasteiger partial charge < -0.3 is 19.7 Å². The Morgan fingerprint density at radius 1 is 1.41 bits per heavy atom. The molecule has 1 saturated heterocycles. The molecule has 2 amide bonds. The lowest BCUT2D eigenvalue weighted by Gasteiger charge is -2.37. The zero-order chi connectivity index (χ0) is 19.7. The second-order valence-corrected chi connectivity index (χ2v) is 6.75. The zero-order valence-electron chi connectivity index (χ0n) is 15.4. The molecule has 2 atom stereocenters. The second-order valence-electron chi connectivity index (χ2n) is 6.75. The molecule has 2 unspecified atom stereocenters. The summed E-state index contributed by atoms with van der Waals surface area (Å²) in [6.07, 6.45) is 4.20. The number of carboxylic acids is 1. The summed E-state index contributed by atoms with van der Waals surface area (Å²) in [5.74, 6) is -1.06.